The molecule has 0 spiro atoms. The van der Waals surface area contributed by atoms with Crippen molar-refractivity contribution in [2.75, 3.05) is 13.2 Å². The molecule has 1 aromatic carbocycles. The average molecular weight is 264 g/mol. The first-order valence-electron chi connectivity index (χ1n) is 6.49. The normalized spacial score (nSPS) is 12.5. The highest BCUT2D eigenvalue weighted by atomic mass is 28.4. The number of hydrogen-bond acceptors (Lipinski definition) is 2. The van der Waals surface area contributed by atoms with E-state index in [9.17, 15) is 0 Å². The van der Waals surface area contributed by atoms with Crippen LogP contribution in [-0.4, -0.2) is 21.8 Å². The Bertz CT molecular complexity index is 358. The van der Waals surface area contributed by atoms with Crippen LogP contribution in [0.4, 0.5) is 0 Å². The van der Waals surface area contributed by atoms with Gasteiger partial charge in [0.25, 0.3) is 0 Å². The zero-order valence-corrected chi connectivity index (χ0v) is 12.8. The van der Waals surface area contributed by atoms with Gasteiger partial charge in [0.2, 0.25) is 0 Å². The summed E-state index contributed by atoms with van der Waals surface area (Å²) in [6.45, 7) is 9.88. The fraction of sp³-hybridized carbons (Fsp3) is 0.467. The molecular weight excluding hydrogens is 240 g/mol. The van der Waals surface area contributed by atoms with Crippen LogP contribution in [-0.2, 0) is 8.85 Å². The number of benzene rings is 1. The van der Waals surface area contributed by atoms with Crippen LogP contribution in [0.25, 0.3) is 6.08 Å². The van der Waals surface area contributed by atoms with E-state index in [2.05, 4.69) is 45.2 Å². The summed E-state index contributed by atoms with van der Waals surface area (Å²) in [6.07, 6.45) is 4.12. The average Bonchev–Trinajstić information content (AvgIpc) is 2.34. The van der Waals surface area contributed by atoms with Crippen molar-refractivity contribution in [1.82, 2.24) is 0 Å². The van der Waals surface area contributed by atoms with E-state index in [4.69, 9.17) is 8.85 Å². The van der Waals surface area contributed by atoms with Gasteiger partial charge in [-0.2, -0.15) is 0 Å². The second-order valence-electron chi connectivity index (χ2n) is 5.23. The minimum Gasteiger partial charge on any atom is -0.394 e. The quantitative estimate of drug-likeness (QED) is 0.691. The zero-order chi connectivity index (χ0) is 13.4. The molecule has 0 radical (unpaired) electrons. The largest absolute Gasteiger partial charge is 0.394 e. The molecule has 0 heterocycles. The molecule has 0 unspecified atom stereocenters. The Balaban J connectivity index is 2.30. The predicted octanol–water partition coefficient (Wildman–Crippen LogP) is 4.09. The van der Waals surface area contributed by atoms with E-state index in [-0.39, 0.29) is 0 Å². The lowest BCUT2D eigenvalue weighted by Crippen LogP contribution is -2.36. The summed E-state index contributed by atoms with van der Waals surface area (Å²) in [5.41, 5.74) is 1.20. The van der Waals surface area contributed by atoms with Gasteiger partial charge in [-0.15, -0.1) is 0 Å². The molecule has 100 valence electrons. The van der Waals surface area contributed by atoms with E-state index in [1.807, 2.05) is 24.3 Å². The molecule has 0 aliphatic heterocycles. The van der Waals surface area contributed by atoms with E-state index in [1.54, 1.807) is 0 Å². The lowest BCUT2D eigenvalue weighted by atomic mass is 10.2. The first-order chi connectivity index (χ1) is 8.49. The molecule has 0 N–H and O–H groups in total. The summed E-state index contributed by atoms with van der Waals surface area (Å²) in [4.78, 5) is 0. The summed E-state index contributed by atoms with van der Waals surface area (Å²) in [6, 6.07) is 10.2. The van der Waals surface area contributed by atoms with Gasteiger partial charge >= 0.3 is 8.56 Å². The van der Waals surface area contributed by atoms with Gasteiger partial charge < -0.3 is 8.85 Å². The Morgan fingerprint density at radius 2 is 1.78 bits per heavy atom. The second kappa shape index (κ2) is 7.51. The molecule has 1 aromatic rings. The highest BCUT2D eigenvalue weighted by molar-refractivity contribution is 6.64. The fourth-order valence-electron chi connectivity index (χ4n) is 1.41. The van der Waals surface area contributed by atoms with Crippen molar-refractivity contribution in [2.24, 2.45) is 5.92 Å². The van der Waals surface area contributed by atoms with Crippen molar-refractivity contribution >= 4 is 14.6 Å². The van der Waals surface area contributed by atoms with E-state index >= 15 is 0 Å². The van der Waals surface area contributed by atoms with Gasteiger partial charge in [0.15, 0.2) is 0 Å². The third-order valence-corrected chi connectivity index (χ3v) is 4.13. The maximum Gasteiger partial charge on any atom is 0.331 e. The Hall–Kier alpha value is -0.903. The van der Waals surface area contributed by atoms with Crippen LogP contribution >= 0.6 is 0 Å². The molecule has 0 saturated heterocycles. The maximum absolute atomic E-state index is 5.83. The lowest BCUT2D eigenvalue weighted by Gasteiger charge is -2.23. The van der Waals surface area contributed by atoms with Crippen LogP contribution in [0, 0.1) is 5.92 Å². The first-order valence-corrected chi connectivity index (χ1v) is 9.31. The summed E-state index contributed by atoms with van der Waals surface area (Å²) in [5, 5.41) is 0. The topological polar surface area (TPSA) is 18.5 Å². The van der Waals surface area contributed by atoms with E-state index < -0.39 is 8.56 Å². The van der Waals surface area contributed by atoms with Crippen molar-refractivity contribution in [2.45, 2.75) is 26.9 Å². The summed E-state index contributed by atoms with van der Waals surface area (Å²) < 4.78 is 11.7. The van der Waals surface area contributed by atoms with Crippen LogP contribution in [0.1, 0.15) is 19.4 Å². The van der Waals surface area contributed by atoms with Gasteiger partial charge in [-0.1, -0.05) is 56.3 Å². The molecule has 0 saturated carbocycles. The summed E-state index contributed by atoms with van der Waals surface area (Å²) in [5.74, 6) is 0.556. The van der Waals surface area contributed by atoms with Crippen molar-refractivity contribution in [3.63, 3.8) is 0 Å². The van der Waals surface area contributed by atoms with Crippen molar-refractivity contribution in [1.29, 1.82) is 0 Å². The molecule has 3 heteroatoms. The van der Waals surface area contributed by atoms with E-state index in [1.165, 1.54) is 5.56 Å². The molecule has 0 bridgehead atoms. The van der Waals surface area contributed by atoms with Gasteiger partial charge in [0.05, 0.1) is 6.61 Å². The van der Waals surface area contributed by atoms with Gasteiger partial charge in [0, 0.05) is 6.61 Å². The van der Waals surface area contributed by atoms with Gasteiger partial charge in [-0.25, -0.2) is 0 Å². The van der Waals surface area contributed by atoms with Crippen LogP contribution in [0.15, 0.2) is 36.4 Å². The molecule has 2 nitrogen and oxygen atoms in total. The third-order valence-electron chi connectivity index (χ3n) is 2.40. The Morgan fingerprint density at radius 3 is 2.39 bits per heavy atom. The summed E-state index contributed by atoms with van der Waals surface area (Å²) in [7, 11) is -1.96. The highest BCUT2D eigenvalue weighted by Crippen LogP contribution is 2.09. The van der Waals surface area contributed by atoms with Gasteiger partial charge in [0.1, 0.15) is 0 Å². The molecular formula is C15H24O2Si. The molecule has 0 aliphatic carbocycles. The molecule has 0 aromatic heterocycles. The predicted molar refractivity (Wildman–Crippen MR) is 79.7 cm³/mol. The molecule has 18 heavy (non-hydrogen) atoms. The highest BCUT2D eigenvalue weighted by Gasteiger charge is 2.24. The first kappa shape index (κ1) is 15.2. The maximum atomic E-state index is 5.83. The van der Waals surface area contributed by atoms with Crippen LogP contribution in [0.3, 0.4) is 0 Å². The Kier molecular flexibility index (Phi) is 6.33. The molecule has 0 aliphatic rings. The fourth-order valence-corrected chi connectivity index (χ4v) is 2.72. The minimum absolute atomic E-state index is 0.556. The van der Waals surface area contributed by atoms with Crippen molar-refractivity contribution < 1.29 is 8.85 Å². The summed E-state index contributed by atoms with van der Waals surface area (Å²) >= 11 is 0. The molecule has 1 rings (SSSR count). The Labute approximate surface area is 112 Å². The SMILES string of the molecule is CC(C)CO[Si](C)(C)OC/C=C/c1ccccc1. The second-order valence-corrected chi connectivity index (χ2v) is 8.61. The van der Waals surface area contributed by atoms with Crippen molar-refractivity contribution in [3.05, 3.63) is 42.0 Å². The molecule has 0 amide bonds. The number of rotatable bonds is 7. The minimum atomic E-state index is -1.96. The van der Waals surface area contributed by atoms with Crippen molar-refractivity contribution in [3.8, 4) is 0 Å². The standard InChI is InChI=1S/C15H24O2Si/c1-14(2)13-17-18(3,4)16-12-8-11-15-9-6-5-7-10-15/h5-11,14H,12-13H2,1-4H3/b11-8+. The monoisotopic (exact) mass is 264 g/mol. The zero-order valence-electron chi connectivity index (χ0n) is 11.8. The van der Waals surface area contributed by atoms with Gasteiger partial charge in [-0.05, 0) is 24.6 Å². The van der Waals surface area contributed by atoms with Gasteiger partial charge in [-0.3, -0.25) is 0 Å². The van der Waals surface area contributed by atoms with E-state index in [0.29, 0.717) is 12.5 Å². The number of hydrogen-bond donors (Lipinski definition) is 0. The Morgan fingerprint density at radius 1 is 1.11 bits per heavy atom. The van der Waals surface area contributed by atoms with E-state index in [0.717, 1.165) is 6.61 Å². The smallest absolute Gasteiger partial charge is 0.331 e. The lowest BCUT2D eigenvalue weighted by molar-refractivity contribution is 0.174. The van der Waals surface area contributed by atoms with Crippen LogP contribution in [0.5, 0.6) is 0 Å². The van der Waals surface area contributed by atoms with Crippen LogP contribution in [0.2, 0.25) is 13.1 Å². The molecule has 0 fully saturated rings. The molecule has 0 atom stereocenters. The third kappa shape index (κ3) is 6.74. The van der Waals surface area contributed by atoms with Crippen LogP contribution < -0.4 is 0 Å².